The molecule has 1 amide bonds. The van der Waals surface area contributed by atoms with Gasteiger partial charge in [0, 0.05) is 19.7 Å². The summed E-state index contributed by atoms with van der Waals surface area (Å²) in [6.45, 7) is 9.56. The Hall–Kier alpha value is -0.810. The first-order valence-electron chi connectivity index (χ1n) is 6.71. The van der Waals surface area contributed by atoms with Crippen molar-refractivity contribution < 1.29 is 14.3 Å². The summed E-state index contributed by atoms with van der Waals surface area (Å²) >= 11 is 0. The zero-order chi connectivity index (χ0) is 13.2. The molecule has 0 aromatic rings. The van der Waals surface area contributed by atoms with Gasteiger partial charge in [0.1, 0.15) is 5.60 Å². The third kappa shape index (κ3) is 3.36. The number of ether oxygens (including phenoxy) is 2. The second kappa shape index (κ2) is 5.05. The Kier molecular flexibility index (Phi) is 3.82. The zero-order valence-corrected chi connectivity index (χ0v) is 11.6. The minimum atomic E-state index is -0.430. The molecular weight excluding hydrogens is 232 g/mol. The Morgan fingerprint density at radius 2 is 2.22 bits per heavy atom. The van der Waals surface area contributed by atoms with Crippen molar-refractivity contribution in [2.45, 2.75) is 44.8 Å². The molecule has 1 N–H and O–H groups in total. The Morgan fingerprint density at radius 1 is 1.44 bits per heavy atom. The molecule has 0 aliphatic carbocycles. The SMILES string of the molecule is CC(C)(C)OC(=O)N1CCC2(COCCCN2)C1. The van der Waals surface area contributed by atoms with E-state index < -0.39 is 5.60 Å². The molecular formula is C13H24N2O3. The van der Waals surface area contributed by atoms with E-state index >= 15 is 0 Å². The fourth-order valence-electron chi connectivity index (χ4n) is 2.46. The number of rotatable bonds is 0. The molecule has 0 saturated carbocycles. The summed E-state index contributed by atoms with van der Waals surface area (Å²) in [7, 11) is 0. The number of nitrogens with zero attached hydrogens (tertiary/aromatic N) is 1. The molecule has 5 nitrogen and oxygen atoms in total. The van der Waals surface area contributed by atoms with Crippen LogP contribution in [0.5, 0.6) is 0 Å². The Balaban J connectivity index is 1.92. The molecule has 0 radical (unpaired) electrons. The van der Waals surface area contributed by atoms with E-state index in [1.54, 1.807) is 4.90 Å². The van der Waals surface area contributed by atoms with Crippen molar-refractivity contribution in [3.05, 3.63) is 0 Å². The molecule has 2 aliphatic heterocycles. The van der Waals surface area contributed by atoms with Gasteiger partial charge in [-0.1, -0.05) is 0 Å². The van der Waals surface area contributed by atoms with Gasteiger partial charge in [0.05, 0.1) is 12.1 Å². The van der Waals surface area contributed by atoms with Crippen LogP contribution in [0.3, 0.4) is 0 Å². The smallest absolute Gasteiger partial charge is 0.410 e. The molecule has 2 rings (SSSR count). The van der Waals surface area contributed by atoms with Crippen LogP contribution in [-0.4, -0.2) is 55.0 Å². The summed E-state index contributed by atoms with van der Waals surface area (Å²) in [6, 6.07) is 0. The van der Waals surface area contributed by atoms with Crippen LogP contribution in [0.25, 0.3) is 0 Å². The number of hydrogen-bond acceptors (Lipinski definition) is 4. The highest BCUT2D eigenvalue weighted by atomic mass is 16.6. The molecule has 5 heteroatoms. The average molecular weight is 256 g/mol. The van der Waals surface area contributed by atoms with Crippen LogP contribution in [0.2, 0.25) is 0 Å². The van der Waals surface area contributed by atoms with Gasteiger partial charge in [-0.25, -0.2) is 4.79 Å². The Labute approximate surface area is 109 Å². The third-order valence-corrected chi connectivity index (χ3v) is 3.35. The van der Waals surface area contributed by atoms with Crippen LogP contribution >= 0.6 is 0 Å². The highest BCUT2D eigenvalue weighted by Crippen LogP contribution is 2.25. The first-order valence-corrected chi connectivity index (χ1v) is 6.71. The summed E-state index contributed by atoms with van der Waals surface area (Å²) in [4.78, 5) is 13.8. The van der Waals surface area contributed by atoms with Crippen molar-refractivity contribution in [2.75, 3.05) is 32.8 Å². The van der Waals surface area contributed by atoms with Crippen molar-refractivity contribution in [1.82, 2.24) is 10.2 Å². The maximum atomic E-state index is 12.0. The minimum absolute atomic E-state index is 0.0621. The van der Waals surface area contributed by atoms with E-state index in [1.165, 1.54) is 0 Å². The second-order valence-electron chi connectivity index (χ2n) is 6.27. The fourth-order valence-corrected chi connectivity index (χ4v) is 2.46. The summed E-state index contributed by atoms with van der Waals surface area (Å²) in [5, 5.41) is 3.53. The lowest BCUT2D eigenvalue weighted by Crippen LogP contribution is -2.51. The van der Waals surface area contributed by atoms with E-state index in [-0.39, 0.29) is 11.6 Å². The van der Waals surface area contributed by atoms with Crippen molar-refractivity contribution in [3.8, 4) is 0 Å². The topological polar surface area (TPSA) is 50.8 Å². The third-order valence-electron chi connectivity index (χ3n) is 3.35. The molecule has 0 aromatic heterocycles. The maximum Gasteiger partial charge on any atom is 0.410 e. The quantitative estimate of drug-likeness (QED) is 0.711. The van der Waals surface area contributed by atoms with Gasteiger partial charge in [0.2, 0.25) is 0 Å². The molecule has 1 unspecified atom stereocenters. The van der Waals surface area contributed by atoms with Gasteiger partial charge in [-0.3, -0.25) is 0 Å². The summed E-state index contributed by atoms with van der Waals surface area (Å²) in [5.74, 6) is 0. The van der Waals surface area contributed by atoms with Crippen molar-refractivity contribution in [2.24, 2.45) is 0 Å². The highest BCUT2D eigenvalue weighted by Gasteiger charge is 2.41. The Morgan fingerprint density at radius 3 is 2.94 bits per heavy atom. The highest BCUT2D eigenvalue weighted by molar-refractivity contribution is 5.68. The first kappa shape index (κ1) is 13.6. The lowest BCUT2D eigenvalue weighted by Gasteiger charge is -2.29. The van der Waals surface area contributed by atoms with Gasteiger partial charge < -0.3 is 19.7 Å². The van der Waals surface area contributed by atoms with E-state index in [0.717, 1.165) is 32.5 Å². The largest absolute Gasteiger partial charge is 0.444 e. The van der Waals surface area contributed by atoms with Gasteiger partial charge in [0.15, 0.2) is 0 Å². The minimum Gasteiger partial charge on any atom is -0.444 e. The molecule has 0 aromatic carbocycles. The summed E-state index contributed by atoms with van der Waals surface area (Å²) in [6.07, 6.45) is 1.76. The maximum absolute atomic E-state index is 12.0. The fraction of sp³-hybridized carbons (Fsp3) is 0.923. The summed E-state index contributed by atoms with van der Waals surface area (Å²) in [5.41, 5.74) is -0.492. The van der Waals surface area contributed by atoms with Crippen LogP contribution in [0.1, 0.15) is 33.6 Å². The normalized spacial score (nSPS) is 29.4. The number of carbonyl (C=O) groups excluding carboxylic acids is 1. The van der Waals surface area contributed by atoms with Crippen molar-refractivity contribution in [1.29, 1.82) is 0 Å². The van der Waals surface area contributed by atoms with Crippen LogP contribution in [0.15, 0.2) is 0 Å². The van der Waals surface area contributed by atoms with Crippen LogP contribution in [0, 0.1) is 0 Å². The molecule has 104 valence electrons. The molecule has 1 spiro atoms. The first-order chi connectivity index (χ1) is 8.40. The predicted molar refractivity (Wildman–Crippen MR) is 68.6 cm³/mol. The molecule has 18 heavy (non-hydrogen) atoms. The zero-order valence-electron chi connectivity index (χ0n) is 11.6. The number of likely N-dealkylation sites (tertiary alicyclic amines) is 1. The van der Waals surface area contributed by atoms with E-state index in [1.807, 2.05) is 20.8 Å². The van der Waals surface area contributed by atoms with E-state index in [4.69, 9.17) is 9.47 Å². The van der Waals surface area contributed by atoms with E-state index in [2.05, 4.69) is 5.32 Å². The molecule has 2 saturated heterocycles. The number of carbonyl (C=O) groups is 1. The Bertz CT molecular complexity index is 304. The van der Waals surface area contributed by atoms with E-state index in [0.29, 0.717) is 13.2 Å². The van der Waals surface area contributed by atoms with Crippen molar-refractivity contribution in [3.63, 3.8) is 0 Å². The van der Waals surface area contributed by atoms with Crippen LogP contribution < -0.4 is 5.32 Å². The standard InChI is InChI=1S/C13H24N2O3/c1-12(2,3)18-11(16)15-7-5-13(9-15)10-17-8-4-6-14-13/h14H,4-10H2,1-3H3. The molecule has 2 fully saturated rings. The van der Waals surface area contributed by atoms with Gasteiger partial charge in [-0.2, -0.15) is 0 Å². The average Bonchev–Trinajstić information content (AvgIpc) is 2.51. The second-order valence-corrected chi connectivity index (χ2v) is 6.27. The lowest BCUT2D eigenvalue weighted by molar-refractivity contribution is 0.0262. The molecule has 2 heterocycles. The molecule has 1 atom stereocenters. The van der Waals surface area contributed by atoms with Gasteiger partial charge in [-0.15, -0.1) is 0 Å². The van der Waals surface area contributed by atoms with Crippen LogP contribution in [-0.2, 0) is 9.47 Å². The van der Waals surface area contributed by atoms with Gasteiger partial charge in [-0.05, 0) is 40.2 Å². The number of amides is 1. The monoisotopic (exact) mass is 256 g/mol. The van der Waals surface area contributed by atoms with Gasteiger partial charge in [0.25, 0.3) is 0 Å². The summed E-state index contributed by atoms with van der Waals surface area (Å²) < 4.78 is 11.0. The molecule has 0 bridgehead atoms. The predicted octanol–water partition coefficient (Wildman–Crippen LogP) is 1.38. The van der Waals surface area contributed by atoms with Gasteiger partial charge >= 0.3 is 6.09 Å². The van der Waals surface area contributed by atoms with E-state index in [9.17, 15) is 4.79 Å². The number of nitrogens with one attached hydrogen (secondary N) is 1. The van der Waals surface area contributed by atoms with Crippen LogP contribution in [0.4, 0.5) is 4.79 Å². The lowest BCUT2D eigenvalue weighted by atomic mass is 10.0. The molecule has 2 aliphatic rings. The number of hydrogen-bond donors (Lipinski definition) is 1. The van der Waals surface area contributed by atoms with Crippen molar-refractivity contribution >= 4 is 6.09 Å².